The van der Waals surface area contributed by atoms with Gasteiger partial charge in [-0.3, -0.25) is 0 Å². The van der Waals surface area contributed by atoms with E-state index in [-0.39, 0.29) is 0 Å². The van der Waals surface area contributed by atoms with Crippen molar-refractivity contribution in [2.24, 2.45) is 4.99 Å². The lowest BCUT2D eigenvalue weighted by atomic mass is 10.1. The molecule has 1 aliphatic heterocycles. The molecule has 0 fully saturated rings. The van der Waals surface area contributed by atoms with Crippen molar-refractivity contribution in [1.82, 2.24) is 9.97 Å². The van der Waals surface area contributed by atoms with Gasteiger partial charge in [0, 0.05) is 30.8 Å². The number of allylic oxidation sites excluding steroid dienone is 1. The van der Waals surface area contributed by atoms with Crippen molar-refractivity contribution < 1.29 is 9.84 Å². The van der Waals surface area contributed by atoms with E-state index in [1.807, 2.05) is 24.4 Å². The van der Waals surface area contributed by atoms with Gasteiger partial charge in [0.1, 0.15) is 11.5 Å². The largest absolute Gasteiger partial charge is 0.494 e. The third-order valence-electron chi connectivity index (χ3n) is 4.34. The van der Waals surface area contributed by atoms with Crippen LogP contribution in [-0.2, 0) is 11.2 Å². The Hall–Kier alpha value is -2.53. The van der Waals surface area contributed by atoms with Gasteiger partial charge >= 0.3 is 0 Å². The Bertz CT molecular complexity index is 780. The maximum Gasteiger partial charge on any atom is 0.146 e. The Kier molecular flexibility index (Phi) is 7.48. The molecule has 0 saturated carbocycles. The van der Waals surface area contributed by atoms with Gasteiger partial charge in [0.05, 0.1) is 18.5 Å². The van der Waals surface area contributed by atoms with Crippen LogP contribution >= 0.6 is 0 Å². The minimum atomic E-state index is 0.791. The number of hydrogen-bond acceptors (Lipinski definition) is 3. The average molecular weight is 355 g/mol. The maximum atomic E-state index is 7.00. The lowest BCUT2D eigenvalue weighted by molar-refractivity contribution is 0.303. The van der Waals surface area contributed by atoms with E-state index >= 15 is 0 Å². The van der Waals surface area contributed by atoms with Gasteiger partial charge in [-0.25, -0.2) is 4.99 Å². The van der Waals surface area contributed by atoms with Gasteiger partial charge < -0.3 is 19.8 Å². The first-order chi connectivity index (χ1) is 12.7. The van der Waals surface area contributed by atoms with Gasteiger partial charge in [0.2, 0.25) is 0 Å². The second kappa shape index (κ2) is 9.82. The molecule has 0 bridgehead atoms. The van der Waals surface area contributed by atoms with Crippen LogP contribution in [0.15, 0.2) is 46.9 Å². The number of ether oxygens (including phenoxy) is 1. The van der Waals surface area contributed by atoms with Gasteiger partial charge in [0.25, 0.3) is 0 Å². The Morgan fingerprint density at radius 3 is 2.73 bits per heavy atom. The lowest BCUT2D eigenvalue weighted by Crippen LogP contribution is -1.93. The number of methoxy groups -OCH3 is 1. The zero-order valence-electron chi connectivity index (χ0n) is 16.1. The summed E-state index contributed by atoms with van der Waals surface area (Å²) in [5.74, 6) is 0.791. The molecule has 26 heavy (non-hydrogen) atoms. The number of aliphatic hydroxyl groups excluding tert-OH is 1. The second-order valence-electron chi connectivity index (χ2n) is 6.16. The molecule has 140 valence electrons. The second-order valence-corrected chi connectivity index (χ2v) is 6.16. The lowest BCUT2D eigenvalue weighted by Gasteiger charge is -2.00. The van der Waals surface area contributed by atoms with Crippen molar-refractivity contribution in [1.29, 1.82) is 0 Å². The van der Waals surface area contributed by atoms with E-state index in [0.29, 0.717) is 0 Å². The van der Waals surface area contributed by atoms with Gasteiger partial charge in [0.15, 0.2) is 0 Å². The minimum absolute atomic E-state index is 0.791. The molecule has 5 nitrogen and oxygen atoms in total. The summed E-state index contributed by atoms with van der Waals surface area (Å²) in [5, 5.41) is 7.00. The molecule has 2 aromatic rings. The van der Waals surface area contributed by atoms with Crippen molar-refractivity contribution in [2.45, 2.75) is 39.5 Å². The summed E-state index contributed by atoms with van der Waals surface area (Å²) in [6.07, 6.45) is 10.8. The fourth-order valence-electron chi connectivity index (χ4n) is 2.99. The number of aliphatic imine (C=N–C) groups is 1. The summed E-state index contributed by atoms with van der Waals surface area (Å²) < 4.78 is 5.49. The smallest absolute Gasteiger partial charge is 0.146 e. The monoisotopic (exact) mass is 355 g/mol. The first kappa shape index (κ1) is 19.8. The number of aromatic nitrogens is 2. The average Bonchev–Trinajstić information content (AvgIpc) is 3.38. The van der Waals surface area contributed by atoms with Crippen LogP contribution in [-0.4, -0.2) is 35.0 Å². The summed E-state index contributed by atoms with van der Waals surface area (Å²) in [6, 6.07) is 6.21. The topological polar surface area (TPSA) is 73.4 Å². The summed E-state index contributed by atoms with van der Waals surface area (Å²) in [4.78, 5) is 11.3. The third kappa shape index (κ3) is 4.76. The molecule has 0 atom stereocenters. The molecule has 0 aromatic carbocycles. The van der Waals surface area contributed by atoms with E-state index in [1.165, 1.54) is 30.5 Å². The van der Waals surface area contributed by atoms with Gasteiger partial charge in [-0.05, 0) is 49.6 Å². The Morgan fingerprint density at radius 2 is 2.08 bits per heavy atom. The normalized spacial score (nSPS) is 14.7. The number of unbranched alkanes of at least 4 members (excludes halogenated alkanes) is 2. The summed E-state index contributed by atoms with van der Waals surface area (Å²) in [7, 11) is 2.68. The zero-order chi connectivity index (χ0) is 18.9. The molecular formula is C21H29N3O2. The van der Waals surface area contributed by atoms with E-state index in [2.05, 4.69) is 36.0 Å². The molecule has 0 aliphatic carbocycles. The molecule has 5 heteroatoms. The quantitative estimate of drug-likeness (QED) is 0.645. The SMILES string of the molecule is CCCCCc1cc(C=C2N=C(c3ccc[nH]3)C=C2OC)[nH]c1C.CO. The van der Waals surface area contributed by atoms with E-state index in [1.54, 1.807) is 7.11 Å². The van der Waals surface area contributed by atoms with Crippen LogP contribution in [0.3, 0.4) is 0 Å². The Balaban J connectivity index is 0.00000117. The number of aliphatic hydroxyl groups is 1. The highest BCUT2D eigenvalue weighted by atomic mass is 16.5. The summed E-state index contributed by atoms with van der Waals surface area (Å²) in [5.41, 5.74) is 6.46. The van der Waals surface area contributed by atoms with Gasteiger partial charge in [-0.1, -0.05) is 19.8 Å². The highest BCUT2D eigenvalue weighted by Gasteiger charge is 2.17. The molecule has 1 aliphatic rings. The van der Waals surface area contributed by atoms with Crippen LogP contribution in [0.5, 0.6) is 0 Å². The van der Waals surface area contributed by atoms with E-state index < -0.39 is 0 Å². The number of rotatable bonds is 7. The molecule has 0 unspecified atom stereocenters. The van der Waals surface area contributed by atoms with Crippen LogP contribution in [0.1, 0.15) is 48.8 Å². The van der Waals surface area contributed by atoms with Crippen molar-refractivity contribution in [2.75, 3.05) is 14.2 Å². The molecule has 2 aromatic heterocycles. The van der Waals surface area contributed by atoms with E-state index in [0.717, 1.165) is 42.1 Å². The molecular weight excluding hydrogens is 326 g/mol. The molecule has 0 saturated heterocycles. The van der Waals surface area contributed by atoms with Gasteiger partial charge in [-0.2, -0.15) is 0 Å². The molecule has 3 heterocycles. The maximum absolute atomic E-state index is 7.00. The number of nitrogens with one attached hydrogen (secondary N) is 2. The number of aromatic amines is 2. The fourth-order valence-corrected chi connectivity index (χ4v) is 2.99. The summed E-state index contributed by atoms with van der Waals surface area (Å²) in [6.45, 7) is 4.37. The highest BCUT2D eigenvalue weighted by Crippen LogP contribution is 2.25. The van der Waals surface area contributed by atoms with Crippen LogP contribution in [0.25, 0.3) is 6.08 Å². The van der Waals surface area contributed by atoms with Gasteiger partial charge in [-0.15, -0.1) is 0 Å². The molecule has 0 radical (unpaired) electrons. The van der Waals surface area contributed by atoms with Crippen LogP contribution < -0.4 is 0 Å². The van der Waals surface area contributed by atoms with E-state index in [4.69, 9.17) is 14.8 Å². The summed E-state index contributed by atoms with van der Waals surface area (Å²) >= 11 is 0. The van der Waals surface area contributed by atoms with Crippen LogP contribution in [0.2, 0.25) is 0 Å². The number of hydrogen-bond donors (Lipinski definition) is 3. The highest BCUT2D eigenvalue weighted by molar-refractivity contribution is 6.11. The first-order valence-corrected chi connectivity index (χ1v) is 9.04. The van der Waals surface area contributed by atoms with Crippen molar-refractivity contribution in [3.63, 3.8) is 0 Å². The molecule has 3 N–H and O–H groups in total. The standard InChI is InChI=1S/C20H25N3O.CH4O/c1-4-5-6-8-15-11-16(22-14(15)2)12-19-20(24-3)13-18(23-19)17-9-7-10-21-17;1-2/h7,9-13,21-22H,4-6,8H2,1-3H3;2H,1H3. The minimum Gasteiger partial charge on any atom is -0.494 e. The van der Waals surface area contributed by atoms with Crippen LogP contribution in [0, 0.1) is 6.92 Å². The number of aryl methyl sites for hydroxylation is 2. The first-order valence-electron chi connectivity index (χ1n) is 9.04. The predicted molar refractivity (Wildman–Crippen MR) is 107 cm³/mol. The fraction of sp³-hybridized carbons (Fsp3) is 0.381. The molecule has 0 amide bonds. The van der Waals surface area contributed by atoms with Crippen molar-refractivity contribution >= 4 is 11.8 Å². The van der Waals surface area contributed by atoms with Crippen LogP contribution in [0.4, 0.5) is 0 Å². The Labute approximate surface area is 155 Å². The third-order valence-corrected chi connectivity index (χ3v) is 4.34. The zero-order valence-corrected chi connectivity index (χ0v) is 16.1. The molecule has 3 rings (SSSR count). The number of H-pyrrole nitrogens is 2. The predicted octanol–water partition coefficient (Wildman–Crippen LogP) is 4.37. The Morgan fingerprint density at radius 1 is 1.27 bits per heavy atom. The molecule has 0 spiro atoms. The van der Waals surface area contributed by atoms with Crippen molar-refractivity contribution in [3.8, 4) is 0 Å². The van der Waals surface area contributed by atoms with E-state index in [9.17, 15) is 0 Å². The van der Waals surface area contributed by atoms with Crippen molar-refractivity contribution in [3.05, 3.63) is 64.6 Å². The number of nitrogens with zero attached hydrogens (tertiary/aromatic N) is 1.